The van der Waals surface area contributed by atoms with Gasteiger partial charge in [-0.1, -0.05) is 38.1 Å². The van der Waals surface area contributed by atoms with Crippen molar-refractivity contribution in [3.8, 4) is 11.4 Å². The van der Waals surface area contributed by atoms with E-state index in [9.17, 15) is 4.79 Å². The Hall–Kier alpha value is -2.23. The first-order valence-corrected chi connectivity index (χ1v) is 7.14. The van der Waals surface area contributed by atoms with Crippen LogP contribution in [0.5, 0.6) is 0 Å². The lowest BCUT2D eigenvalue weighted by molar-refractivity contribution is 0.0523. The lowest BCUT2D eigenvalue weighted by atomic mass is 10.0. The fourth-order valence-electron chi connectivity index (χ4n) is 2.15. The van der Waals surface area contributed by atoms with Crippen LogP contribution in [0.4, 0.5) is 0 Å². The van der Waals surface area contributed by atoms with Crippen LogP contribution in [0, 0.1) is 6.92 Å². The van der Waals surface area contributed by atoms with Crippen molar-refractivity contribution in [2.75, 3.05) is 6.61 Å². The summed E-state index contributed by atoms with van der Waals surface area (Å²) in [6, 6.07) is 7.95. The number of hydrogen-bond acceptors (Lipinski definition) is 4. The molecule has 21 heavy (non-hydrogen) atoms. The second kappa shape index (κ2) is 6.48. The second-order valence-corrected chi connectivity index (χ2v) is 5.18. The van der Waals surface area contributed by atoms with Gasteiger partial charge in [0.15, 0.2) is 5.82 Å². The van der Waals surface area contributed by atoms with Crippen LogP contribution in [0.25, 0.3) is 11.4 Å². The molecule has 0 bridgehead atoms. The third-order valence-electron chi connectivity index (χ3n) is 3.25. The predicted octanol–water partition coefficient (Wildman–Crippen LogP) is 3.75. The van der Waals surface area contributed by atoms with Crippen LogP contribution >= 0.6 is 0 Å². The van der Waals surface area contributed by atoms with Gasteiger partial charge in [-0.2, -0.15) is 0 Å². The Morgan fingerprint density at radius 1 is 1.29 bits per heavy atom. The molecule has 1 heterocycles. The average molecular weight is 284 g/mol. The second-order valence-electron chi connectivity index (χ2n) is 5.18. The average Bonchev–Trinajstić information content (AvgIpc) is 2.47. The van der Waals surface area contributed by atoms with Crippen molar-refractivity contribution in [2.45, 2.75) is 33.6 Å². The Bertz CT molecular complexity index is 651. The van der Waals surface area contributed by atoms with Crippen LogP contribution in [0.1, 0.15) is 48.3 Å². The zero-order valence-corrected chi connectivity index (χ0v) is 12.9. The van der Waals surface area contributed by atoms with Crippen LogP contribution < -0.4 is 0 Å². The van der Waals surface area contributed by atoms with Gasteiger partial charge in [0.05, 0.1) is 17.9 Å². The van der Waals surface area contributed by atoms with Gasteiger partial charge in [0.25, 0.3) is 0 Å². The monoisotopic (exact) mass is 284 g/mol. The molecule has 0 aliphatic carbocycles. The Balaban J connectivity index is 2.51. The zero-order valence-electron chi connectivity index (χ0n) is 12.9. The third-order valence-corrected chi connectivity index (χ3v) is 3.25. The molecule has 2 rings (SSSR count). The van der Waals surface area contributed by atoms with E-state index >= 15 is 0 Å². The molecule has 2 aromatic rings. The molecule has 0 N–H and O–H groups in total. The Morgan fingerprint density at radius 2 is 2.00 bits per heavy atom. The van der Waals surface area contributed by atoms with E-state index < -0.39 is 0 Å². The van der Waals surface area contributed by atoms with Crippen molar-refractivity contribution in [3.63, 3.8) is 0 Å². The number of benzene rings is 1. The highest BCUT2D eigenvalue weighted by atomic mass is 16.5. The van der Waals surface area contributed by atoms with E-state index in [0.29, 0.717) is 18.0 Å². The van der Waals surface area contributed by atoms with Gasteiger partial charge >= 0.3 is 5.97 Å². The summed E-state index contributed by atoms with van der Waals surface area (Å²) in [4.78, 5) is 20.9. The van der Waals surface area contributed by atoms with Gasteiger partial charge in [-0.05, 0) is 25.3 Å². The van der Waals surface area contributed by atoms with Gasteiger partial charge in [0.2, 0.25) is 0 Å². The largest absolute Gasteiger partial charge is 0.462 e. The van der Waals surface area contributed by atoms with Crippen molar-refractivity contribution >= 4 is 5.97 Å². The molecule has 0 unspecified atom stereocenters. The van der Waals surface area contributed by atoms with Crippen molar-refractivity contribution in [2.24, 2.45) is 0 Å². The van der Waals surface area contributed by atoms with Gasteiger partial charge in [0, 0.05) is 11.8 Å². The van der Waals surface area contributed by atoms with Crippen LogP contribution in [0.2, 0.25) is 0 Å². The minimum Gasteiger partial charge on any atom is -0.462 e. The first kappa shape index (κ1) is 15.2. The molecular weight excluding hydrogens is 264 g/mol. The van der Waals surface area contributed by atoms with Gasteiger partial charge in [-0.3, -0.25) is 0 Å². The molecule has 0 spiro atoms. The number of ether oxygens (including phenoxy) is 1. The minimum absolute atomic E-state index is 0.121. The minimum atomic E-state index is -0.363. The summed E-state index contributed by atoms with van der Waals surface area (Å²) in [5.41, 5.74) is 3.26. The van der Waals surface area contributed by atoms with E-state index in [1.54, 1.807) is 13.1 Å². The van der Waals surface area contributed by atoms with Crippen molar-refractivity contribution in [3.05, 3.63) is 47.3 Å². The number of nitrogens with zero attached hydrogens (tertiary/aromatic N) is 2. The molecule has 1 aromatic carbocycles. The highest BCUT2D eigenvalue weighted by molar-refractivity contribution is 5.90. The standard InChI is InChI=1S/C17H20N2O2/c1-5-21-17(20)14-10-18-16(19-15(14)11(2)3)13-9-7-6-8-12(13)4/h6-11H,5H2,1-4H3. The van der Waals surface area contributed by atoms with Crippen molar-refractivity contribution < 1.29 is 9.53 Å². The van der Waals surface area contributed by atoms with Gasteiger partial charge in [-0.15, -0.1) is 0 Å². The van der Waals surface area contributed by atoms with Crippen molar-refractivity contribution in [1.82, 2.24) is 9.97 Å². The maximum atomic E-state index is 12.0. The Labute approximate surface area is 125 Å². The topological polar surface area (TPSA) is 52.1 Å². The first-order chi connectivity index (χ1) is 10.0. The number of rotatable bonds is 4. The number of aromatic nitrogens is 2. The molecule has 0 atom stereocenters. The van der Waals surface area contributed by atoms with E-state index in [0.717, 1.165) is 16.8 Å². The summed E-state index contributed by atoms with van der Waals surface area (Å²) in [6.07, 6.45) is 1.57. The van der Waals surface area contributed by atoms with E-state index in [1.807, 2.05) is 45.0 Å². The summed E-state index contributed by atoms with van der Waals surface area (Å²) in [5, 5.41) is 0. The Morgan fingerprint density at radius 3 is 2.62 bits per heavy atom. The fraction of sp³-hybridized carbons (Fsp3) is 0.353. The molecule has 0 amide bonds. The molecule has 0 aliphatic rings. The van der Waals surface area contributed by atoms with E-state index in [2.05, 4.69) is 9.97 Å². The van der Waals surface area contributed by atoms with Crippen LogP contribution in [0.3, 0.4) is 0 Å². The molecule has 1 aromatic heterocycles. The normalized spacial score (nSPS) is 10.7. The molecule has 0 aliphatic heterocycles. The van der Waals surface area contributed by atoms with Gasteiger partial charge in [0.1, 0.15) is 0 Å². The highest BCUT2D eigenvalue weighted by Gasteiger charge is 2.19. The smallest absolute Gasteiger partial charge is 0.341 e. The summed E-state index contributed by atoms with van der Waals surface area (Å²) in [6.45, 7) is 8.16. The number of aryl methyl sites for hydroxylation is 1. The van der Waals surface area contributed by atoms with E-state index in [1.165, 1.54) is 0 Å². The Kier molecular flexibility index (Phi) is 4.68. The molecule has 0 saturated carbocycles. The molecule has 110 valence electrons. The van der Waals surface area contributed by atoms with E-state index in [4.69, 9.17) is 4.74 Å². The number of carbonyl (C=O) groups is 1. The van der Waals surface area contributed by atoms with Crippen LogP contribution in [-0.2, 0) is 4.74 Å². The quantitative estimate of drug-likeness (QED) is 0.802. The molecular formula is C17H20N2O2. The number of carbonyl (C=O) groups excluding carboxylic acids is 1. The van der Waals surface area contributed by atoms with Gasteiger partial charge < -0.3 is 4.74 Å². The number of hydrogen-bond donors (Lipinski definition) is 0. The van der Waals surface area contributed by atoms with Crippen LogP contribution in [0.15, 0.2) is 30.5 Å². The zero-order chi connectivity index (χ0) is 15.4. The summed E-state index contributed by atoms with van der Waals surface area (Å²) in [5.74, 6) is 0.401. The lowest BCUT2D eigenvalue weighted by Gasteiger charge is -2.13. The number of esters is 1. The molecule has 4 nitrogen and oxygen atoms in total. The fourth-order valence-corrected chi connectivity index (χ4v) is 2.15. The highest BCUT2D eigenvalue weighted by Crippen LogP contribution is 2.24. The summed E-state index contributed by atoms with van der Waals surface area (Å²) in [7, 11) is 0. The predicted molar refractivity (Wildman–Crippen MR) is 82.3 cm³/mol. The van der Waals surface area contributed by atoms with E-state index in [-0.39, 0.29) is 11.9 Å². The molecule has 4 heteroatoms. The maximum Gasteiger partial charge on any atom is 0.341 e. The van der Waals surface area contributed by atoms with Crippen LogP contribution in [-0.4, -0.2) is 22.5 Å². The summed E-state index contributed by atoms with van der Waals surface area (Å²) >= 11 is 0. The first-order valence-electron chi connectivity index (χ1n) is 7.14. The van der Waals surface area contributed by atoms with Crippen molar-refractivity contribution in [1.29, 1.82) is 0 Å². The SMILES string of the molecule is CCOC(=O)c1cnc(-c2ccccc2C)nc1C(C)C. The lowest BCUT2D eigenvalue weighted by Crippen LogP contribution is -2.12. The van der Waals surface area contributed by atoms with Gasteiger partial charge in [-0.25, -0.2) is 14.8 Å². The third kappa shape index (κ3) is 3.27. The molecule has 0 saturated heterocycles. The maximum absolute atomic E-state index is 12.0. The molecule has 0 radical (unpaired) electrons. The summed E-state index contributed by atoms with van der Waals surface area (Å²) < 4.78 is 5.07. The molecule has 0 fully saturated rings.